The summed E-state index contributed by atoms with van der Waals surface area (Å²) in [4.78, 5) is 0. The molecule has 0 bridgehead atoms. The number of methoxy groups -OCH3 is 1. The van der Waals surface area contributed by atoms with Gasteiger partial charge < -0.3 is 10.1 Å². The molecule has 0 amide bonds. The number of nitrogens with one attached hydrogen (secondary N) is 1. The third-order valence-electron chi connectivity index (χ3n) is 3.03. The molecule has 17 heavy (non-hydrogen) atoms. The van der Waals surface area contributed by atoms with Crippen LogP contribution in [0.4, 0.5) is 5.69 Å². The molecule has 0 heterocycles. The second-order valence-electron chi connectivity index (χ2n) is 4.69. The fraction of sp³-hybridized carbons (Fsp3) is 0.538. The SMILES string of the molecule is COc1cc(NC(C)CC2CC2)c(Br)cc1Br. The summed E-state index contributed by atoms with van der Waals surface area (Å²) in [5, 5.41) is 3.54. The Morgan fingerprint density at radius 1 is 1.35 bits per heavy atom. The van der Waals surface area contributed by atoms with E-state index in [4.69, 9.17) is 4.74 Å². The zero-order valence-corrected chi connectivity index (χ0v) is 13.3. The highest BCUT2D eigenvalue weighted by Gasteiger charge is 2.23. The van der Waals surface area contributed by atoms with Gasteiger partial charge in [-0.3, -0.25) is 0 Å². The highest BCUT2D eigenvalue weighted by molar-refractivity contribution is 9.11. The minimum atomic E-state index is 0.504. The van der Waals surface area contributed by atoms with E-state index >= 15 is 0 Å². The molecule has 4 heteroatoms. The van der Waals surface area contributed by atoms with E-state index in [1.807, 2.05) is 12.1 Å². The van der Waals surface area contributed by atoms with Gasteiger partial charge in [-0.1, -0.05) is 12.8 Å². The van der Waals surface area contributed by atoms with E-state index in [0.29, 0.717) is 6.04 Å². The van der Waals surface area contributed by atoms with Crippen LogP contribution in [0, 0.1) is 5.92 Å². The first-order valence-corrected chi connectivity index (χ1v) is 7.48. The van der Waals surface area contributed by atoms with E-state index in [1.165, 1.54) is 19.3 Å². The molecule has 2 rings (SSSR count). The van der Waals surface area contributed by atoms with Gasteiger partial charge in [0.15, 0.2) is 0 Å². The van der Waals surface area contributed by atoms with E-state index in [2.05, 4.69) is 44.1 Å². The van der Waals surface area contributed by atoms with Crippen molar-refractivity contribution in [3.63, 3.8) is 0 Å². The van der Waals surface area contributed by atoms with Crippen LogP contribution in [-0.4, -0.2) is 13.2 Å². The fourth-order valence-corrected chi connectivity index (χ4v) is 3.24. The minimum absolute atomic E-state index is 0.504. The Bertz CT molecular complexity index is 405. The lowest BCUT2D eigenvalue weighted by atomic mass is 10.1. The van der Waals surface area contributed by atoms with Gasteiger partial charge in [-0.05, 0) is 57.2 Å². The van der Waals surface area contributed by atoms with Crippen molar-refractivity contribution in [2.24, 2.45) is 5.92 Å². The minimum Gasteiger partial charge on any atom is -0.495 e. The molecule has 0 spiro atoms. The maximum atomic E-state index is 5.31. The Balaban J connectivity index is 2.07. The Hall–Kier alpha value is -0.220. The number of hydrogen-bond acceptors (Lipinski definition) is 2. The molecule has 1 fully saturated rings. The maximum Gasteiger partial charge on any atom is 0.135 e. The number of benzene rings is 1. The van der Waals surface area contributed by atoms with Crippen LogP contribution in [0.3, 0.4) is 0 Å². The van der Waals surface area contributed by atoms with Crippen molar-refractivity contribution in [2.45, 2.75) is 32.2 Å². The quantitative estimate of drug-likeness (QED) is 0.810. The standard InChI is InChI=1S/C13H17Br2NO/c1-8(5-9-3-4-9)16-12-7-13(17-2)11(15)6-10(12)14/h6-9,16H,3-5H2,1-2H3. The first-order valence-electron chi connectivity index (χ1n) is 5.89. The van der Waals surface area contributed by atoms with Crippen molar-refractivity contribution in [1.82, 2.24) is 0 Å². The van der Waals surface area contributed by atoms with Crippen molar-refractivity contribution in [3.8, 4) is 5.75 Å². The van der Waals surface area contributed by atoms with Gasteiger partial charge >= 0.3 is 0 Å². The molecule has 1 aromatic carbocycles. The highest BCUT2D eigenvalue weighted by atomic mass is 79.9. The van der Waals surface area contributed by atoms with Crippen molar-refractivity contribution in [2.75, 3.05) is 12.4 Å². The number of anilines is 1. The summed E-state index contributed by atoms with van der Waals surface area (Å²) in [5.41, 5.74) is 1.10. The smallest absolute Gasteiger partial charge is 0.135 e. The van der Waals surface area contributed by atoms with Gasteiger partial charge in [0.25, 0.3) is 0 Å². The highest BCUT2D eigenvalue weighted by Crippen LogP contribution is 2.37. The fourth-order valence-electron chi connectivity index (χ4n) is 1.97. The van der Waals surface area contributed by atoms with Gasteiger partial charge in [0.05, 0.1) is 17.3 Å². The van der Waals surface area contributed by atoms with Crippen molar-refractivity contribution < 1.29 is 4.74 Å². The summed E-state index contributed by atoms with van der Waals surface area (Å²) in [6, 6.07) is 4.55. The van der Waals surface area contributed by atoms with Crippen LogP contribution in [0.25, 0.3) is 0 Å². The molecule has 2 nitrogen and oxygen atoms in total. The lowest BCUT2D eigenvalue weighted by Gasteiger charge is -2.17. The average Bonchev–Trinajstić information content (AvgIpc) is 3.06. The Labute approximate surface area is 119 Å². The monoisotopic (exact) mass is 361 g/mol. The summed E-state index contributed by atoms with van der Waals surface area (Å²) in [6.07, 6.45) is 4.05. The van der Waals surface area contributed by atoms with Crippen LogP contribution >= 0.6 is 31.9 Å². The van der Waals surface area contributed by atoms with Gasteiger partial charge in [-0.15, -0.1) is 0 Å². The van der Waals surface area contributed by atoms with Crippen LogP contribution in [0.15, 0.2) is 21.1 Å². The molecule has 1 aliphatic carbocycles. The number of halogens is 2. The molecule has 94 valence electrons. The van der Waals surface area contributed by atoms with Crippen LogP contribution in [-0.2, 0) is 0 Å². The van der Waals surface area contributed by atoms with Gasteiger partial charge in [-0.2, -0.15) is 0 Å². The number of hydrogen-bond donors (Lipinski definition) is 1. The summed E-state index contributed by atoms with van der Waals surface area (Å²) < 4.78 is 7.34. The third-order valence-corrected chi connectivity index (χ3v) is 4.30. The first kappa shape index (κ1) is 13.2. The normalized spacial score (nSPS) is 16.7. The van der Waals surface area contributed by atoms with Crippen LogP contribution in [0.2, 0.25) is 0 Å². The second kappa shape index (κ2) is 5.61. The van der Waals surface area contributed by atoms with Crippen LogP contribution in [0.1, 0.15) is 26.2 Å². The van der Waals surface area contributed by atoms with Gasteiger partial charge in [0.2, 0.25) is 0 Å². The maximum absolute atomic E-state index is 5.31. The zero-order valence-electron chi connectivity index (χ0n) is 10.1. The van der Waals surface area contributed by atoms with Crippen LogP contribution in [0.5, 0.6) is 5.75 Å². The molecule has 1 atom stereocenters. The number of rotatable bonds is 5. The summed E-state index contributed by atoms with van der Waals surface area (Å²) in [7, 11) is 1.69. The number of ether oxygens (including phenoxy) is 1. The summed E-state index contributed by atoms with van der Waals surface area (Å²) in [6.45, 7) is 2.24. The average molecular weight is 363 g/mol. The molecule has 0 aromatic heterocycles. The first-order chi connectivity index (χ1) is 8.10. The molecule has 1 N–H and O–H groups in total. The lowest BCUT2D eigenvalue weighted by Crippen LogP contribution is -2.16. The molecule has 1 saturated carbocycles. The van der Waals surface area contributed by atoms with E-state index in [1.54, 1.807) is 7.11 Å². The molecule has 1 unspecified atom stereocenters. The van der Waals surface area contributed by atoms with Crippen LogP contribution < -0.4 is 10.1 Å². The Morgan fingerprint density at radius 3 is 2.65 bits per heavy atom. The largest absolute Gasteiger partial charge is 0.495 e. The predicted octanol–water partition coefficient (Wildman–Crippen LogP) is 4.82. The molecule has 1 aromatic rings. The molecular formula is C13H17Br2NO. The van der Waals surface area contributed by atoms with Gasteiger partial charge in [0, 0.05) is 16.6 Å². The molecule has 0 radical (unpaired) electrons. The Morgan fingerprint density at radius 2 is 2.06 bits per heavy atom. The third kappa shape index (κ3) is 3.62. The van der Waals surface area contributed by atoms with Crippen molar-refractivity contribution in [3.05, 3.63) is 21.1 Å². The van der Waals surface area contributed by atoms with E-state index in [9.17, 15) is 0 Å². The topological polar surface area (TPSA) is 21.3 Å². The van der Waals surface area contributed by atoms with Gasteiger partial charge in [0.1, 0.15) is 5.75 Å². The summed E-state index contributed by atoms with van der Waals surface area (Å²) in [5.74, 6) is 1.79. The Kier molecular flexibility index (Phi) is 4.36. The van der Waals surface area contributed by atoms with E-state index < -0.39 is 0 Å². The molecule has 0 saturated heterocycles. The summed E-state index contributed by atoms with van der Waals surface area (Å²) >= 11 is 7.05. The molecular weight excluding hydrogens is 346 g/mol. The lowest BCUT2D eigenvalue weighted by molar-refractivity contribution is 0.412. The molecule has 0 aliphatic heterocycles. The van der Waals surface area contributed by atoms with E-state index in [-0.39, 0.29) is 0 Å². The van der Waals surface area contributed by atoms with Crippen molar-refractivity contribution in [1.29, 1.82) is 0 Å². The zero-order chi connectivity index (χ0) is 12.4. The van der Waals surface area contributed by atoms with Gasteiger partial charge in [-0.25, -0.2) is 0 Å². The predicted molar refractivity (Wildman–Crippen MR) is 78.8 cm³/mol. The second-order valence-corrected chi connectivity index (χ2v) is 6.40. The molecule has 1 aliphatic rings. The van der Waals surface area contributed by atoms with E-state index in [0.717, 1.165) is 26.3 Å². The van der Waals surface area contributed by atoms with Crippen molar-refractivity contribution >= 4 is 37.5 Å².